The first-order valence-electron chi connectivity index (χ1n) is 4.99. The van der Waals surface area contributed by atoms with Gasteiger partial charge < -0.3 is 14.5 Å². The highest BCUT2D eigenvalue weighted by molar-refractivity contribution is 9.10. The predicted octanol–water partition coefficient (Wildman–Crippen LogP) is 3.44. The number of rotatable bonds is 3. The van der Waals surface area contributed by atoms with Crippen LogP contribution in [0.3, 0.4) is 0 Å². The molecule has 0 saturated carbocycles. The van der Waals surface area contributed by atoms with E-state index < -0.39 is 5.82 Å². The first-order chi connectivity index (χ1) is 8.61. The van der Waals surface area contributed by atoms with E-state index in [4.69, 9.17) is 9.15 Å². The monoisotopic (exact) mass is 313 g/mol. The topological polar surface area (TPSA) is 51.5 Å². The lowest BCUT2D eigenvalue weighted by Crippen LogP contribution is -2.11. The number of benzene rings is 1. The summed E-state index contributed by atoms with van der Waals surface area (Å²) >= 11 is 3.10. The highest BCUT2D eigenvalue weighted by Crippen LogP contribution is 2.23. The highest BCUT2D eigenvalue weighted by atomic mass is 79.9. The third kappa shape index (κ3) is 2.53. The van der Waals surface area contributed by atoms with Crippen molar-refractivity contribution in [3.63, 3.8) is 0 Å². The molecular weight excluding hydrogens is 305 g/mol. The molecule has 0 fully saturated rings. The summed E-state index contributed by atoms with van der Waals surface area (Å²) in [5.74, 6) is -0.806. The van der Waals surface area contributed by atoms with Gasteiger partial charge in [0.15, 0.2) is 16.2 Å². The van der Waals surface area contributed by atoms with E-state index in [0.29, 0.717) is 15.9 Å². The maximum absolute atomic E-state index is 13.4. The lowest BCUT2D eigenvalue weighted by molar-refractivity contribution is 0.102. The minimum Gasteiger partial charge on any atom is -0.494 e. The number of amides is 1. The van der Waals surface area contributed by atoms with Crippen molar-refractivity contribution < 1.29 is 18.3 Å². The number of anilines is 1. The minimum atomic E-state index is -0.540. The fourth-order valence-electron chi connectivity index (χ4n) is 1.40. The highest BCUT2D eigenvalue weighted by Gasteiger charge is 2.13. The van der Waals surface area contributed by atoms with E-state index in [1.807, 2.05) is 0 Å². The van der Waals surface area contributed by atoms with Gasteiger partial charge in [-0.1, -0.05) is 0 Å². The molecule has 1 N–H and O–H groups in total. The van der Waals surface area contributed by atoms with E-state index >= 15 is 0 Å². The van der Waals surface area contributed by atoms with Crippen molar-refractivity contribution in [2.24, 2.45) is 0 Å². The molecule has 2 aromatic rings. The summed E-state index contributed by atoms with van der Waals surface area (Å²) in [6, 6.07) is 5.69. The van der Waals surface area contributed by atoms with E-state index in [1.165, 1.54) is 31.6 Å². The van der Waals surface area contributed by atoms with Crippen LogP contribution >= 0.6 is 15.9 Å². The lowest BCUT2D eigenvalue weighted by Gasteiger charge is -2.06. The average Bonchev–Trinajstić information content (AvgIpc) is 2.76. The Balaban J connectivity index is 2.17. The molecule has 1 amide bonds. The standard InChI is InChI=1S/C12H9BrFNO3/c1-17-10-3-2-7(6-9(10)14)15-12(16)8-4-5-18-11(8)13/h2-6H,1H3,(H,15,16). The number of ether oxygens (including phenoxy) is 1. The summed E-state index contributed by atoms with van der Waals surface area (Å²) in [4.78, 5) is 11.8. The van der Waals surface area contributed by atoms with Crippen LogP contribution in [0.25, 0.3) is 0 Å². The molecule has 0 bridgehead atoms. The molecule has 1 heterocycles. The molecule has 1 aromatic carbocycles. The van der Waals surface area contributed by atoms with Crippen LogP contribution < -0.4 is 10.1 Å². The van der Waals surface area contributed by atoms with E-state index in [9.17, 15) is 9.18 Å². The van der Waals surface area contributed by atoms with E-state index in [0.717, 1.165) is 0 Å². The van der Waals surface area contributed by atoms with Gasteiger partial charge in [0, 0.05) is 11.8 Å². The Morgan fingerprint density at radius 1 is 1.44 bits per heavy atom. The van der Waals surface area contributed by atoms with Crippen LogP contribution in [-0.4, -0.2) is 13.0 Å². The van der Waals surface area contributed by atoms with Crippen LogP contribution in [0.2, 0.25) is 0 Å². The lowest BCUT2D eigenvalue weighted by atomic mass is 10.2. The Morgan fingerprint density at radius 2 is 2.22 bits per heavy atom. The maximum Gasteiger partial charge on any atom is 0.260 e. The third-order valence-electron chi connectivity index (χ3n) is 2.27. The van der Waals surface area contributed by atoms with Crippen LogP contribution in [0.15, 0.2) is 39.6 Å². The van der Waals surface area contributed by atoms with Gasteiger partial charge in [0.25, 0.3) is 5.91 Å². The van der Waals surface area contributed by atoms with Crippen molar-refractivity contribution >= 4 is 27.5 Å². The summed E-state index contributed by atoms with van der Waals surface area (Å²) in [7, 11) is 1.37. The number of halogens is 2. The Hall–Kier alpha value is -1.82. The number of carbonyl (C=O) groups is 1. The van der Waals surface area contributed by atoms with Crippen LogP contribution in [0.5, 0.6) is 5.75 Å². The van der Waals surface area contributed by atoms with Crippen LogP contribution in [-0.2, 0) is 0 Å². The van der Waals surface area contributed by atoms with Crippen molar-refractivity contribution in [2.75, 3.05) is 12.4 Å². The Kier molecular flexibility index (Phi) is 3.66. The zero-order valence-corrected chi connectivity index (χ0v) is 11.0. The SMILES string of the molecule is COc1ccc(NC(=O)c2ccoc2Br)cc1F. The summed E-state index contributed by atoms with van der Waals surface area (Å²) in [5, 5.41) is 2.55. The second kappa shape index (κ2) is 5.22. The van der Waals surface area contributed by atoms with E-state index in [2.05, 4.69) is 21.2 Å². The maximum atomic E-state index is 13.4. The Bertz CT molecular complexity index is 582. The van der Waals surface area contributed by atoms with E-state index in [1.54, 1.807) is 6.07 Å². The third-order valence-corrected chi connectivity index (χ3v) is 2.89. The first kappa shape index (κ1) is 12.6. The van der Waals surface area contributed by atoms with Crippen LogP contribution in [0.1, 0.15) is 10.4 Å². The molecule has 0 spiro atoms. The van der Waals surface area contributed by atoms with Crippen LogP contribution in [0.4, 0.5) is 10.1 Å². The van der Waals surface area contributed by atoms with Gasteiger partial charge >= 0.3 is 0 Å². The number of furan rings is 1. The summed E-state index contributed by atoms with van der Waals surface area (Å²) < 4.78 is 23.5. The van der Waals surface area contributed by atoms with Crippen molar-refractivity contribution in [1.82, 2.24) is 0 Å². The van der Waals surface area contributed by atoms with Crippen LogP contribution in [0, 0.1) is 5.82 Å². The molecule has 0 atom stereocenters. The number of carbonyl (C=O) groups excluding carboxylic acids is 1. The van der Waals surface area contributed by atoms with Crippen molar-refractivity contribution in [2.45, 2.75) is 0 Å². The summed E-state index contributed by atoms with van der Waals surface area (Å²) in [5.41, 5.74) is 0.678. The normalized spacial score (nSPS) is 10.2. The second-order valence-electron chi connectivity index (χ2n) is 3.41. The molecule has 94 valence electrons. The minimum absolute atomic E-state index is 0.123. The molecule has 0 saturated heterocycles. The molecule has 4 nitrogen and oxygen atoms in total. The number of methoxy groups -OCH3 is 1. The molecule has 0 aliphatic carbocycles. The van der Waals surface area contributed by atoms with Gasteiger partial charge in [0.05, 0.1) is 18.9 Å². The van der Waals surface area contributed by atoms with Crippen molar-refractivity contribution in [3.05, 3.63) is 46.6 Å². The van der Waals surface area contributed by atoms with Gasteiger partial charge in [0.1, 0.15) is 0 Å². The quantitative estimate of drug-likeness (QED) is 0.944. The number of hydrogen-bond acceptors (Lipinski definition) is 3. The molecule has 0 radical (unpaired) electrons. The molecule has 6 heteroatoms. The second-order valence-corrected chi connectivity index (χ2v) is 4.13. The van der Waals surface area contributed by atoms with Gasteiger partial charge in [-0.05, 0) is 34.1 Å². The molecule has 0 aliphatic rings. The number of nitrogens with one attached hydrogen (secondary N) is 1. The molecule has 0 unspecified atom stereocenters. The zero-order valence-electron chi connectivity index (χ0n) is 9.37. The first-order valence-corrected chi connectivity index (χ1v) is 5.79. The van der Waals surface area contributed by atoms with Crippen molar-refractivity contribution in [1.29, 1.82) is 0 Å². The fraction of sp³-hybridized carbons (Fsp3) is 0.0833. The predicted molar refractivity (Wildman–Crippen MR) is 67.3 cm³/mol. The molecule has 0 aliphatic heterocycles. The summed E-state index contributed by atoms with van der Waals surface area (Å²) in [6.45, 7) is 0. The average molecular weight is 314 g/mol. The molecule has 1 aromatic heterocycles. The zero-order chi connectivity index (χ0) is 13.1. The Morgan fingerprint density at radius 3 is 2.78 bits per heavy atom. The van der Waals surface area contributed by atoms with Gasteiger partial charge in [-0.3, -0.25) is 4.79 Å². The molecule has 2 rings (SSSR count). The van der Waals surface area contributed by atoms with Gasteiger partial charge in [-0.15, -0.1) is 0 Å². The Labute approximate surface area is 111 Å². The van der Waals surface area contributed by atoms with Gasteiger partial charge in [0.2, 0.25) is 0 Å². The largest absolute Gasteiger partial charge is 0.494 e. The fourth-order valence-corrected chi connectivity index (χ4v) is 1.82. The number of hydrogen-bond donors (Lipinski definition) is 1. The van der Waals surface area contributed by atoms with Crippen molar-refractivity contribution in [3.8, 4) is 5.75 Å². The molecular formula is C12H9BrFNO3. The summed E-state index contributed by atoms with van der Waals surface area (Å²) in [6.07, 6.45) is 1.38. The van der Waals surface area contributed by atoms with Gasteiger partial charge in [-0.2, -0.15) is 0 Å². The molecule has 18 heavy (non-hydrogen) atoms. The van der Waals surface area contributed by atoms with E-state index in [-0.39, 0.29) is 11.7 Å². The smallest absolute Gasteiger partial charge is 0.260 e. The van der Waals surface area contributed by atoms with Gasteiger partial charge in [-0.25, -0.2) is 4.39 Å².